The van der Waals surface area contributed by atoms with Crippen molar-refractivity contribution in [2.75, 3.05) is 0 Å². The maximum atomic E-state index is 10.7. The Bertz CT molecular complexity index is 377. The zero-order valence-electron chi connectivity index (χ0n) is 8.70. The zero-order valence-corrected chi connectivity index (χ0v) is 9.45. The molecule has 1 rings (SSSR count). The van der Waals surface area contributed by atoms with Gasteiger partial charge in [0.05, 0.1) is 17.3 Å². The first kappa shape index (κ1) is 11.8. The highest BCUT2D eigenvalue weighted by Gasteiger charge is 2.04. The van der Waals surface area contributed by atoms with Crippen molar-refractivity contribution in [3.63, 3.8) is 0 Å². The summed E-state index contributed by atoms with van der Waals surface area (Å²) in [6, 6.07) is 0. The Morgan fingerprint density at radius 3 is 2.80 bits per heavy atom. The summed E-state index contributed by atoms with van der Waals surface area (Å²) in [5, 5.41) is 13.5. The number of carboxylic acid groups (broad SMARTS) is 1. The van der Waals surface area contributed by atoms with Gasteiger partial charge in [-0.15, -0.1) is 0 Å². The topological polar surface area (TPSA) is 55.1 Å². The second kappa shape index (κ2) is 4.98. The number of carboxylic acids is 1. The fraction of sp³-hybridized carbons (Fsp3) is 0.400. The molecule has 0 aromatic carbocycles. The van der Waals surface area contributed by atoms with E-state index in [0.717, 1.165) is 5.69 Å². The van der Waals surface area contributed by atoms with Gasteiger partial charge in [0.1, 0.15) is 0 Å². The Hall–Kier alpha value is -1.29. The van der Waals surface area contributed by atoms with Gasteiger partial charge < -0.3 is 5.11 Å². The Balaban J connectivity index is 2.74. The Morgan fingerprint density at radius 2 is 2.40 bits per heavy atom. The molecule has 0 aliphatic carbocycles. The van der Waals surface area contributed by atoms with Crippen LogP contribution in [0.3, 0.4) is 0 Å². The molecular weight excluding hydrogens is 216 g/mol. The number of aromatic nitrogens is 2. The molecule has 0 spiro atoms. The van der Waals surface area contributed by atoms with Crippen LogP contribution in [0.4, 0.5) is 0 Å². The fourth-order valence-corrected chi connectivity index (χ4v) is 1.32. The number of aliphatic carboxylic acids is 1. The Morgan fingerprint density at radius 1 is 1.73 bits per heavy atom. The third-order valence-electron chi connectivity index (χ3n) is 2.07. The highest BCUT2D eigenvalue weighted by molar-refractivity contribution is 6.31. The van der Waals surface area contributed by atoms with E-state index in [1.54, 1.807) is 30.8 Å². The molecule has 82 valence electrons. The SMILES string of the molecule is CCC(=CCn1cc(Cl)c(C)n1)C(=O)O. The summed E-state index contributed by atoms with van der Waals surface area (Å²) in [4.78, 5) is 10.7. The number of hydrogen-bond acceptors (Lipinski definition) is 2. The van der Waals surface area contributed by atoms with Gasteiger partial charge in [-0.25, -0.2) is 4.79 Å². The Kier molecular flexibility index (Phi) is 3.91. The lowest BCUT2D eigenvalue weighted by atomic mass is 10.2. The first-order chi connectivity index (χ1) is 7.04. The van der Waals surface area contributed by atoms with Gasteiger partial charge in [-0.2, -0.15) is 5.10 Å². The lowest BCUT2D eigenvalue weighted by Crippen LogP contribution is -2.03. The van der Waals surface area contributed by atoms with Crippen LogP contribution in [0.25, 0.3) is 0 Å². The molecule has 1 aromatic heterocycles. The van der Waals surface area contributed by atoms with Crippen LogP contribution < -0.4 is 0 Å². The van der Waals surface area contributed by atoms with E-state index in [-0.39, 0.29) is 0 Å². The molecule has 15 heavy (non-hydrogen) atoms. The van der Waals surface area contributed by atoms with Crippen LogP contribution in [0.2, 0.25) is 5.02 Å². The van der Waals surface area contributed by atoms with Crippen LogP contribution in [-0.2, 0) is 11.3 Å². The van der Waals surface area contributed by atoms with Gasteiger partial charge in [0.15, 0.2) is 0 Å². The number of halogens is 1. The molecule has 0 saturated carbocycles. The van der Waals surface area contributed by atoms with Gasteiger partial charge in [-0.3, -0.25) is 4.68 Å². The average Bonchev–Trinajstić information content (AvgIpc) is 2.47. The standard InChI is InChI=1S/C10H13ClN2O2/c1-3-8(10(14)15)4-5-13-6-9(11)7(2)12-13/h4,6H,3,5H2,1-2H3,(H,14,15). The van der Waals surface area contributed by atoms with E-state index in [4.69, 9.17) is 16.7 Å². The maximum Gasteiger partial charge on any atom is 0.331 e. The minimum absolute atomic E-state index is 0.388. The minimum Gasteiger partial charge on any atom is -0.478 e. The average molecular weight is 229 g/mol. The van der Waals surface area contributed by atoms with Crippen LogP contribution in [-0.4, -0.2) is 20.9 Å². The second-order valence-electron chi connectivity index (χ2n) is 3.17. The normalized spacial score (nSPS) is 11.8. The molecule has 4 nitrogen and oxygen atoms in total. The molecule has 5 heteroatoms. The number of hydrogen-bond donors (Lipinski definition) is 1. The van der Waals surface area contributed by atoms with Crippen molar-refractivity contribution in [3.05, 3.63) is 28.6 Å². The van der Waals surface area contributed by atoms with E-state index in [1.807, 2.05) is 0 Å². The van der Waals surface area contributed by atoms with Gasteiger partial charge in [-0.05, 0) is 13.3 Å². The van der Waals surface area contributed by atoms with Gasteiger partial charge in [0.2, 0.25) is 0 Å². The number of rotatable bonds is 4. The molecule has 0 aliphatic rings. The number of nitrogens with zero attached hydrogens (tertiary/aromatic N) is 2. The molecule has 0 atom stereocenters. The van der Waals surface area contributed by atoms with Crippen LogP contribution in [0, 0.1) is 6.92 Å². The molecule has 1 N–H and O–H groups in total. The molecule has 1 heterocycles. The van der Waals surface area contributed by atoms with E-state index in [0.29, 0.717) is 23.6 Å². The van der Waals surface area contributed by atoms with Crippen LogP contribution >= 0.6 is 11.6 Å². The van der Waals surface area contributed by atoms with Crippen LogP contribution in [0.15, 0.2) is 17.8 Å². The zero-order chi connectivity index (χ0) is 11.4. The van der Waals surface area contributed by atoms with Gasteiger partial charge in [0.25, 0.3) is 0 Å². The quantitative estimate of drug-likeness (QED) is 0.805. The van der Waals surface area contributed by atoms with E-state index < -0.39 is 5.97 Å². The van der Waals surface area contributed by atoms with Crippen molar-refractivity contribution in [3.8, 4) is 0 Å². The van der Waals surface area contributed by atoms with Gasteiger partial charge >= 0.3 is 5.97 Å². The summed E-state index contributed by atoms with van der Waals surface area (Å²) in [5.74, 6) is -0.882. The minimum atomic E-state index is -0.882. The monoisotopic (exact) mass is 228 g/mol. The summed E-state index contributed by atoms with van der Waals surface area (Å²) >= 11 is 5.82. The largest absolute Gasteiger partial charge is 0.478 e. The number of allylic oxidation sites excluding steroid dienone is 1. The molecule has 0 unspecified atom stereocenters. The summed E-state index contributed by atoms with van der Waals surface area (Å²) in [6.45, 7) is 4.05. The van der Waals surface area contributed by atoms with Crippen molar-refractivity contribution in [2.45, 2.75) is 26.8 Å². The first-order valence-corrected chi connectivity index (χ1v) is 5.04. The summed E-state index contributed by atoms with van der Waals surface area (Å²) in [7, 11) is 0. The van der Waals surface area contributed by atoms with E-state index in [9.17, 15) is 4.79 Å². The highest BCUT2D eigenvalue weighted by Crippen LogP contribution is 2.12. The fourth-order valence-electron chi connectivity index (χ4n) is 1.17. The predicted octanol–water partition coefficient (Wildman–Crippen LogP) is 2.27. The molecule has 0 aliphatic heterocycles. The third kappa shape index (κ3) is 3.09. The molecular formula is C10H13ClN2O2. The van der Waals surface area contributed by atoms with E-state index in [1.165, 1.54) is 0 Å². The lowest BCUT2D eigenvalue weighted by Gasteiger charge is -1.98. The van der Waals surface area contributed by atoms with Gasteiger partial charge in [0, 0.05) is 11.8 Å². The smallest absolute Gasteiger partial charge is 0.331 e. The van der Waals surface area contributed by atoms with Crippen molar-refractivity contribution in [1.29, 1.82) is 0 Å². The van der Waals surface area contributed by atoms with Gasteiger partial charge in [-0.1, -0.05) is 24.6 Å². The first-order valence-electron chi connectivity index (χ1n) is 4.66. The lowest BCUT2D eigenvalue weighted by molar-refractivity contribution is -0.132. The van der Waals surface area contributed by atoms with Crippen molar-refractivity contribution in [1.82, 2.24) is 9.78 Å². The highest BCUT2D eigenvalue weighted by atomic mass is 35.5. The maximum absolute atomic E-state index is 10.7. The molecule has 0 saturated heterocycles. The van der Waals surface area contributed by atoms with E-state index >= 15 is 0 Å². The Labute approximate surface area is 93.2 Å². The predicted molar refractivity (Wildman–Crippen MR) is 58.0 cm³/mol. The number of carbonyl (C=O) groups is 1. The van der Waals surface area contributed by atoms with E-state index in [2.05, 4.69) is 5.10 Å². The summed E-state index contributed by atoms with van der Waals surface area (Å²) in [5.41, 5.74) is 1.14. The van der Waals surface area contributed by atoms with Crippen LogP contribution in [0.5, 0.6) is 0 Å². The van der Waals surface area contributed by atoms with Crippen LogP contribution in [0.1, 0.15) is 19.0 Å². The van der Waals surface area contributed by atoms with Crippen molar-refractivity contribution < 1.29 is 9.90 Å². The number of aryl methyl sites for hydroxylation is 1. The molecule has 0 radical (unpaired) electrons. The van der Waals surface area contributed by atoms with Crippen molar-refractivity contribution in [2.24, 2.45) is 0 Å². The summed E-state index contributed by atoms with van der Waals surface area (Å²) < 4.78 is 1.62. The van der Waals surface area contributed by atoms with Crippen molar-refractivity contribution >= 4 is 17.6 Å². The molecule has 0 bridgehead atoms. The summed E-state index contributed by atoms with van der Waals surface area (Å²) in [6.07, 6.45) is 3.83. The third-order valence-corrected chi connectivity index (χ3v) is 2.44. The molecule has 1 aromatic rings. The molecule has 0 fully saturated rings. The molecule has 0 amide bonds. The second-order valence-corrected chi connectivity index (χ2v) is 3.58.